The number of fused-ring (bicyclic) bond motifs is 1. The molecule has 0 fully saturated rings. The summed E-state index contributed by atoms with van der Waals surface area (Å²) in [5.74, 6) is -0.290. The molecule has 2 N–H and O–H groups in total. The summed E-state index contributed by atoms with van der Waals surface area (Å²) in [6, 6.07) is 12.3. The van der Waals surface area contributed by atoms with Crippen LogP contribution in [-0.4, -0.2) is 5.91 Å². The van der Waals surface area contributed by atoms with E-state index >= 15 is 0 Å². The summed E-state index contributed by atoms with van der Waals surface area (Å²) in [4.78, 5) is 10.8. The number of aryl methyl sites for hydroxylation is 1. The van der Waals surface area contributed by atoms with E-state index < -0.39 is 0 Å². The minimum Gasteiger partial charge on any atom is -0.369 e. The summed E-state index contributed by atoms with van der Waals surface area (Å²) >= 11 is 0. The molecule has 2 rings (SSSR count). The van der Waals surface area contributed by atoms with Gasteiger partial charge in [-0.3, -0.25) is 4.79 Å². The van der Waals surface area contributed by atoms with Crippen molar-refractivity contribution in [1.29, 1.82) is 0 Å². The van der Waals surface area contributed by atoms with Crippen LogP contribution in [-0.2, 0) is 11.2 Å². The van der Waals surface area contributed by atoms with E-state index in [-0.39, 0.29) is 18.3 Å². The van der Waals surface area contributed by atoms with Crippen molar-refractivity contribution in [2.75, 3.05) is 0 Å². The number of rotatable bonds is 2. The van der Waals surface area contributed by atoms with E-state index in [2.05, 4.69) is 25.1 Å². The van der Waals surface area contributed by atoms with Gasteiger partial charge in [0.2, 0.25) is 5.91 Å². The van der Waals surface area contributed by atoms with Gasteiger partial charge in [-0.1, -0.05) is 42.0 Å². The maximum Gasteiger partial charge on any atom is 0.221 e. The molecule has 0 aliphatic rings. The maximum absolute atomic E-state index is 10.8. The van der Waals surface area contributed by atoms with E-state index in [0.717, 1.165) is 10.9 Å². The van der Waals surface area contributed by atoms with Crippen LogP contribution in [0.1, 0.15) is 11.1 Å². The number of primary amides is 1. The first kappa shape index (κ1) is 12.5. The smallest absolute Gasteiger partial charge is 0.221 e. The van der Waals surface area contributed by atoms with Gasteiger partial charge in [0.1, 0.15) is 0 Å². The molecule has 2 nitrogen and oxygen atoms in total. The Balaban J connectivity index is 0.00000128. The lowest BCUT2D eigenvalue weighted by molar-refractivity contribution is -0.117. The zero-order valence-corrected chi connectivity index (χ0v) is 9.88. The van der Waals surface area contributed by atoms with Crippen molar-refractivity contribution in [2.45, 2.75) is 13.3 Å². The van der Waals surface area contributed by atoms with E-state index in [1.807, 2.05) is 18.2 Å². The standard InChI is InChI=1S/C13H13NO.ClH/c1-9-2-4-12-7-10(8-13(14)15)3-5-11(12)6-9;/h2-7H,8H2,1H3,(H2,14,15);1H. The van der Waals surface area contributed by atoms with Crippen molar-refractivity contribution in [2.24, 2.45) is 5.73 Å². The molecule has 3 heteroatoms. The molecular formula is C13H14ClNO. The van der Waals surface area contributed by atoms with E-state index in [1.165, 1.54) is 10.9 Å². The summed E-state index contributed by atoms with van der Waals surface area (Å²) in [5.41, 5.74) is 7.37. The van der Waals surface area contributed by atoms with Crippen LogP contribution in [0.5, 0.6) is 0 Å². The van der Waals surface area contributed by atoms with E-state index in [0.29, 0.717) is 6.42 Å². The fourth-order valence-corrected chi connectivity index (χ4v) is 1.73. The molecule has 0 saturated carbocycles. The van der Waals surface area contributed by atoms with Crippen molar-refractivity contribution in [3.8, 4) is 0 Å². The number of halogens is 1. The second-order valence-electron chi connectivity index (χ2n) is 3.83. The molecule has 16 heavy (non-hydrogen) atoms. The molecule has 0 bridgehead atoms. The van der Waals surface area contributed by atoms with E-state index in [4.69, 9.17) is 5.73 Å². The van der Waals surface area contributed by atoms with Crippen molar-refractivity contribution < 1.29 is 4.79 Å². The Bertz CT molecular complexity index is 522. The van der Waals surface area contributed by atoms with E-state index in [1.54, 1.807) is 0 Å². The molecule has 0 saturated heterocycles. The predicted octanol–water partition coefficient (Wildman–Crippen LogP) is 2.60. The average molecular weight is 236 g/mol. The SMILES string of the molecule is Cc1ccc2cc(CC(N)=O)ccc2c1.Cl. The third-order valence-corrected chi connectivity index (χ3v) is 2.44. The van der Waals surface area contributed by atoms with Crippen LogP contribution in [0.2, 0.25) is 0 Å². The highest BCUT2D eigenvalue weighted by molar-refractivity contribution is 5.86. The van der Waals surface area contributed by atoms with Gasteiger partial charge in [0.05, 0.1) is 6.42 Å². The van der Waals surface area contributed by atoms with Gasteiger partial charge < -0.3 is 5.73 Å². The molecule has 0 aliphatic carbocycles. The van der Waals surface area contributed by atoms with Gasteiger partial charge in [-0.15, -0.1) is 12.4 Å². The monoisotopic (exact) mass is 235 g/mol. The molecule has 84 valence electrons. The number of amides is 1. The molecule has 0 atom stereocenters. The Labute approximate surface area is 101 Å². The third-order valence-electron chi connectivity index (χ3n) is 2.44. The van der Waals surface area contributed by atoms with Gasteiger partial charge in [0.15, 0.2) is 0 Å². The topological polar surface area (TPSA) is 43.1 Å². The van der Waals surface area contributed by atoms with Crippen LogP contribution in [0.25, 0.3) is 10.8 Å². The minimum absolute atomic E-state index is 0. The Kier molecular flexibility index (Phi) is 3.91. The quantitative estimate of drug-likeness (QED) is 0.854. The van der Waals surface area contributed by atoms with Crippen LogP contribution in [0.3, 0.4) is 0 Å². The first-order valence-electron chi connectivity index (χ1n) is 4.93. The molecule has 2 aromatic rings. The largest absolute Gasteiger partial charge is 0.369 e. The second-order valence-corrected chi connectivity index (χ2v) is 3.83. The number of benzene rings is 2. The lowest BCUT2D eigenvalue weighted by Gasteiger charge is -2.02. The zero-order chi connectivity index (χ0) is 10.8. The van der Waals surface area contributed by atoms with Gasteiger partial charge in [-0.2, -0.15) is 0 Å². The Morgan fingerprint density at radius 3 is 2.44 bits per heavy atom. The van der Waals surface area contributed by atoms with Crippen LogP contribution >= 0.6 is 12.4 Å². The third kappa shape index (κ3) is 2.74. The molecule has 0 aromatic heterocycles. The normalized spacial score (nSPS) is 9.81. The number of hydrogen-bond donors (Lipinski definition) is 1. The van der Waals surface area contributed by atoms with Crippen molar-refractivity contribution in [3.05, 3.63) is 47.5 Å². The van der Waals surface area contributed by atoms with Crippen LogP contribution in [0.4, 0.5) is 0 Å². The van der Waals surface area contributed by atoms with Gasteiger partial charge in [-0.05, 0) is 23.3 Å². The summed E-state index contributed by atoms with van der Waals surface area (Å²) in [5, 5.41) is 2.35. The summed E-state index contributed by atoms with van der Waals surface area (Å²) in [7, 11) is 0. The Morgan fingerprint density at radius 1 is 1.12 bits per heavy atom. The molecule has 0 heterocycles. The number of nitrogens with two attached hydrogens (primary N) is 1. The molecule has 0 radical (unpaired) electrons. The van der Waals surface area contributed by atoms with Gasteiger partial charge in [0, 0.05) is 0 Å². The summed E-state index contributed by atoms with van der Waals surface area (Å²) in [6.07, 6.45) is 0.309. The fourth-order valence-electron chi connectivity index (χ4n) is 1.73. The lowest BCUT2D eigenvalue weighted by atomic mass is 10.0. The first-order chi connectivity index (χ1) is 7.15. The summed E-state index contributed by atoms with van der Waals surface area (Å²) in [6.45, 7) is 2.07. The van der Waals surface area contributed by atoms with Crippen LogP contribution < -0.4 is 5.73 Å². The maximum atomic E-state index is 10.8. The van der Waals surface area contributed by atoms with Crippen LogP contribution in [0.15, 0.2) is 36.4 Å². The molecule has 0 unspecified atom stereocenters. The van der Waals surface area contributed by atoms with Crippen LogP contribution in [0, 0.1) is 6.92 Å². The zero-order valence-electron chi connectivity index (χ0n) is 9.07. The fraction of sp³-hybridized carbons (Fsp3) is 0.154. The second kappa shape index (κ2) is 4.99. The van der Waals surface area contributed by atoms with Crippen molar-refractivity contribution >= 4 is 29.1 Å². The van der Waals surface area contributed by atoms with Gasteiger partial charge in [-0.25, -0.2) is 0 Å². The van der Waals surface area contributed by atoms with Crippen molar-refractivity contribution in [3.63, 3.8) is 0 Å². The number of hydrogen-bond acceptors (Lipinski definition) is 1. The number of carbonyl (C=O) groups excluding carboxylic acids is 1. The molecule has 0 spiro atoms. The molecular weight excluding hydrogens is 222 g/mol. The molecule has 1 amide bonds. The highest BCUT2D eigenvalue weighted by Crippen LogP contribution is 2.17. The molecule has 2 aromatic carbocycles. The number of carbonyl (C=O) groups is 1. The average Bonchev–Trinajstić information content (AvgIpc) is 2.17. The molecule has 0 aliphatic heterocycles. The van der Waals surface area contributed by atoms with Gasteiger partial charge >= 0.3 is 0 Å². The minimum atomic E-state index is -0.290. The first-order valence-corrected chi connectivity index (χ1v) is 4.93. The highest BCUT2D eigenvalue weighted by Gasteiger charge is 2.00. The lowest BCUT2D eigenvalue weighted by Crippen LogP contribution is -2.13. The van der Waals surface area contributed by atoms with Gasteiger partial charge in [0.25, 0.3) is 0 Å². The highest BCUT2D eigenvalue weighted by atomic mass is 35.5. The van der Waals surface area contributed by atoms with Crippen molar-refractivity contribution in [1.82, 2.24) is 0 Å². The Hall–Kier alpha value is -1.54. The van der Waals surface area contributed by atoms with E-state index in [9.17, 15) is 4.79 Å². The predicted molar refractivity (Wildman–Crippen MR) is 68.8 cm³/mol. The Morgan fingerprint density at radius 2 is 1.75 bits per heavy atom. The summed E-state index contributed by atoms with van der Waals surface area (Å²) < 4.78 is 0.